The number of hydrogen-bond acceptors (Lipinski definition) is 6. The molecule has 0 bridgehead atoms. The van der Waals surface area contributed by atoms with Crippen molar-refractivity contribution in [2.24, 2.45) is 0 Å². The van der Waals surface area contributed by atoms with Crippen LogP contribution < -0.4 is 5.32 Å². The van der Waals surface area contributed by atoms with Crippen molar-refractivity contribution in [3.8, 4) is 5.69 Å². The first-order valence-corrected chi connectivity index (χ1v) is 7.85. The van der Waals surface area contributed by atoms with Crippen LogP contribution in [0, 0.1) is 0 Å². The lowest BCUT2D eigenvalue weighted by molar-refractivity contribution is 0.102. The number of hydrogen-bond donors (Lipinski definition) is 1. The zero-order chi connectivity index (χ0) is 17.8. The minimum absolute atomic E-state index is 0.218. The highest BCUT2D eigenvalue weighted by Gasteiger charge is 2.10. The molecule has 1 amide bonds. The molecule has 0 saturated carbocycles. The van der Waals surface area contributed by atoms with Crippen molar-refractivity contribution in [1.82, 2.24) is 35.0 Å². The van der Waals surface area contributed by atoms with Crippen LogP contribution in [0.3, 0.4) is 0 Å². The Labute approximate surface area is 148 Å². The third-order valence-electron chi connectivity index (χ3n) is 3.78. The van der Waals surface area contributed by atoms with Crippen molar-refractivity contribution < 1.29 is 4.79 Å². The van der Waals surface area contributed by atoms with Gasteiger partial charge in [-0.3, -0.25) is 9.78 Å². The van der Waals surface area contributed by atoms with Gasteiger partial charge in [-0.25, -0.2) is 9.36 Å². The van der Waals surface area contributed by atoms with Gasteiger partial charge < -0.3 is 5.32 Å². The Balaban J connectivity index is 1.48. The van der Waals surface area contributed by atoms with Gasteiger partial charge >= 0.3 is 0 Å². The number of pyridine rings is 1. The second-order valence-electron chi connectivity index (χ2n) is 5.48. The number of aromatic nitrogens is 7. The van der Waals surface area contributed by atoms with Crippen LogP contribution >= 0.6 is 0 Å². The summed E-state index contributed by atoms with van der Waals surface area (Å²) in [6.45, 7) is 0.545. The van der Waals surface area contributed by atoms with Crippen molar-refractivity contribution in [1.29, 1.82) is 0 Å². The lowest BCUT2D eigenvalue weighted by Crippen LogP contribution is -2.16. The molecule has 128 valence electrons. The molecule has 3 aromatic heterocycles. The predicted molar refractivity (Wildman–Crippen MR) is 92.7 cm³/mol. The number of anilines is 1. The maximum Gasteiger partial charge on any atom is 0.256 e. The Kier molecular flexibility index (Phi) is 4.17. The second-order valence-corrected chi connectivity index (χ2v) is 5.48. The number of benzene rings is 1. The molecule has 0 aliphatic rings. The molecule has 9 heteroatoms. The van der Waals surface area contributed by atoms with Gasteiger partial charge in [0.05, 0.1) is 18.4 Å². The van der Waals surface area contributed by atoms with E-state index in [9.17, 15) is 4.79 Å². The van der Waals surface area contributed by atoms with Crippen molar-refractivity contribution in [3.05, 3.63) is 78.5 Å². The van der Waals surface area contributed by atoms with Crippen LogP contribution in [-0.2, 0) is 6.54 Å². The van der Waals surface area contributed by atoms with Crippen LogP contribution in [0.4, 0.5) is 5.82 Å². The molecule has 0 spiro atoms. The van der Waals surface area contributed by atoms with E-state index in [0.717, 1.165) is 11.3 Å². The summed E-state index contributed by atoms with van der Waals surface area (Å²) in [7, 11) is 0. The van der Waals surface area contributed by atoms with E-state index in [-0.39, 0.29) is 5.91 Å². The smallest absolute Gasteiger partial charge is 0.256 e. The first-order chi connectivity index (χ1) is 12.8. The summed E-state index contributed by atoms with van der Waals surface area (Å²) >= 11 is 0. The van der Waals surface area contributed by atoms with Gasteiger partial charge in [0.2, 0.25) is 0 Å². The third kappa shape index (κ3) is 3.31. The van der Waals surface area contributed by atoms with E-state index in [4.69, 9.17) is 0 Å². The monoisotopic (exact) mass is 346 g/mol. The van der Waals surface area contributed by atoms with Gasteiger partial charge in [-0.05, 0) is 52.4 Å². The summed E-state index contributed by atoms with van der Waals surface area (Å²) in [6.07, 6.45) is 6.59. The normalized spacial score (nSPS) is 10.6. The summed E-state index contributed by atoms with van der Waals surface area (Å²) in [4.78, 5) is 16.5. The van der Waals surface area contributed by atoms with Gasteiger partial charge in [-0.15, -0.1) is 5.10 Å². The number of nitrogens with zero attached hydrogens (tertiary/aromatic N) is 7. The van der Waals surface area contributed by atoms with Crippen LogP contribution in [-0.4, -0.2) is 40.9 Å². The molecule has 3 heterocycles. The zero-order valence-corrected chi connectivity index (χ0v) is 13.6. The van der Waals surface area contributed by atoms with Crippen LogP contribution in [0.25, 0.3) is 5.69 Å². The minimum atomic E-state index is -0.218. The molecule has 9 nitrogen and oxygen atoms in total. The van der Waals surface area contributed by atoms with E-state index in [2.05, 4.69) is 30.9 Å². The quantitative estimate of drug-likeness (QED) is 0.588. The number of amides is 1. The molecule has 0 saturated heterocycles. The maximum absolute atomic E-state index is 12.5. The molecule has 0 unspecified atom stereocenters. The van der Waals surface area contributed by atoms with Gasteiger partial charge in [0.15, 0.2) is 0 Å². The highest BCUT2D eigenvalue weighted by Crippen LogP contribution is 2.13. The molecule has 1 N–H and O–H groups in total. The molecule has 0 fully saturated rings. The van der Waals surface area contributed by atoms with Gasteiger partial charge in [0.25, 0.3) is 5.91 Å². The second kappa shape index (κ2) is 6.93. The van der Waals surface area contributed by atoms with E-state index >= 15 is 0 Å². The molecule has 0 radical (unpaired) electrons. The van der Waals surface area contributed by atoms with Gasteiger partial charge in [-0.1, -0.05) is 0 Å². The molecule has 1 aromatic carbocycles. The third-order valence-corrected chi connectivity index (χ3v) is 3.78. The molecule has 26 heavy (non-hydrogen) atoms. The fourth-order valence-corrected chi connectivity index (χ4v) is 2.46. The molecular weight excluding hydrogens is 332 g/mol. The van der Waals surface area contributed by atoms with Gasteiger partial charge in [-0.2, -0.15) is 5.10 Å². The lowest BCUT2D eigenvalue weighted by atomic mass is 10.2. The fraction of sp³-hybridized carbons (Fsp3) is 0.0588. The number of carbonyl (C=O) groups excluding carboxylic acids is 1. The van der Waals surface area contributed by atoms with E-state index in [1.165, 1.54) is 11.0 Å². The van der Waals surface area contributed by atoms with E-state index in [1.54, 1.807) is 53.6 Å². The van der Waals surface area contributed by atoms with E-state index in [0.29, 0.717) is 17.9 Å². The van der Waals surface area contributed by atoms with Gasteiger partial charge in [0, 0.05) is 24.0 Å². The van der Waals surface area contributed by atoms with Crippen molar-refractivity contribution in [2.75, 3.05) is 5.32 Å². The Morgan fingerprint density at radius 1 is 1.00 bits per heavy atom. The largest absolute Gasteiger partial charge is 0.307 e. The van der Waals surface area contributed by atoms with E-state index in [1.807, 2.05) is 12.1 Å². The van der Waals surface area contributed by atoms with Crippen LogP contribution in [0.2, 0.25) is 0 Å². The standard InChI is InChI=1S/C17H14N8O/c26-17(14-1-3-15(4-2-14)25-12-19-22-23-25)21-16-7-10-20-24(16)11-13-5-8-18-9-6-13/h1-10,12H,11H2,(H,21,26). The maximum atomic E-state index is 12.5. The molecule has 0 aliphatic heterocycles. The summed E-state index contributed by atoms with van der Waals surface area (Å²) in [6, 6.07) is 12.6. The molecule has 4 rings (SSSR count). The fourth-order valence-electron chi connectivity index (χ4n) is 2.46. The van der Waals surface area contributed by atoms with Crippen molar-refractivity contribution in [2.45, 2.75) is 6.54 Å². The Morgan fingerprint density at radius 2 is 1.81 bits per heavy atom. The van der Waals surface area contributed by atoms with Crippen LogP contribution in [0.5, 0.6) is 0 Å². The van der Waals surface area contributed by atoms with E-state index < -0.39 is 0 Å². The minimum Gasteiger partial charge on any atom is -0.307 e. The number of rotatable bonds is 5. The molecule has 0 atom stereocenters. The number of tetrazole rings is 1. The van der Waals surface area contributed by atoms with Crippen LogP contribution in [0.15, 0.2) is 67.4 Å². The Hall–Kier alpha value is -3.88. The Bertz CT molecular complexity index is 993. The zero-order valence-electron chi connectivity index (χ0n) is 13.6. The van der Waals surface area contributed by atoms with Crippen LogP contribution in [0.1, 0.15) is 15.9 Å². The first-order valence-electron chi connectivity index (χ1n) is 7.85. The topological polar surface area (TPSA) is 103 Å². The highest BCUT2D eigenvalue weighted by atomic mass is 16.1. The summed E-state index contributed by atoms with van der Waals surface area (Å²) in [5, 5.41) is 18.1. The number of carbonyl (C=O) groups is 1. The SMILES string of the molecule is O=C(Nc1ccnn1Cc1ccncc1)c1ccc(-n2cnnn2)cc1. The highest BCUT2D eigenvalue weighted by molar-refractivity contribution is 6.03. The average Bonchev–Trinajstić information content (AvgIpc) is 3.35. The summed E-state index contributed by atoms with van der Waals surface area (Å²) in [5.41, 5.74) is 2.35. The lowest BCUT2D eigenvalue weighted by Gasteiger charge is -2.09. The first kappa shape index (κ1) is 15.6. The molecular formula is C17H14N8O. The predicted octanol–water partition coefficient (Wildman–Crippen LogP) is 1.55. The molecule has 4 aromatic rings. The summed E-state index contributed by atoms with van der Waals surface area (Å²) < 4.78 is 3.24. The number of nitrogens with one attached hydrogen (secondary N) is 1. The Morgan fingerprint density at radius 3 is 2.54 bits per heavy atom. The van der Waals surface area contributed by atoms with Crippen molar-refractivity contribution >= 4 is 11.7 Å². The molecule has 0 aliphatic carbocycles. The van der Waals surface area contributed by atoms with Crippen molar-refractivity contribution in [3.63, 3.8) is 0 Å². The summed E-state index contributed by atoms with van der Waals surface area (Å²) in [5.74, 6) is 0.404. The average molecular weight is 346 g/mol. The van der Waals surface area contributed by atoms with Gasteiger partial charge in [0.1, 0.15) is 12.1 Å².